The minimum Gasteiger partial charge on any atom is -0.349 e. The smallest absolute Gasteiger partial charge is 0.251 e. The van der Waals surface area contributed by atoms with Gasteiger partial charge in [-0.1, -0.05) is 6.07 Å². The van der Waals surface area contributed by atoms with Gasteiger partial charge in [-0.15, -0.1) is 23.2 Å². The Hall–Kier alpha value is -1.26. The molecule has 0 spiro atoms. The van der Waals surface area contributed by atoms with Gasteiger partial charge in [-0.25, -0.2) is 0 Å². The van der Waals surface area contributed by atoms with E-state index < -0.39 is 9.75 Å². The fraction of sp³-hybridized carbons (Fsp3) is 0.467. The molecule has 2 aliphatic carbocycles. The molecule has 112 valence electrons. The highest BCUT2D eigenvalue weighted by molar-refractivity contribution is 6.53. The second-order valence-electron chi connectivity index (χ2n) is 6.00. The highest BCUT2D eigenvalue weighted by Gasteiger charge is 2.67. The van der Waals surface area contributed by atoms with E-state index in [2.05, 4.69) is 10.6 Å². The molecule has 2 aliphatic rings. The zero-order valence-electron chi connectivity index (χ0n) is 11.6. The van der Waals surface area contributed by atoms with Crippen LogP contribution < -0.4 is 10.6 Å². The monoisotopic (exact) mass is 326 g/mol. The number of halogens is 2. The molecule has 1 aromatic rings. The minimum atomic E-state index is -1.00. The Morgan fingerprint density at radius 2 is 1.95 bits per heavy atom. The zero-order chi connectivity index (χ0) is 15.3. The number of benzene rings is 1. The van der Waals surface area contributed by atoms with E-state index >= 15 is 0 Å². The first kappa shape index (κ1) is 14.7. The van der Waals surface area contributed by atoms with Crippen molar-refractivity contribution in [2.24, 2.45) is 5.41 Å². The van der Waals surface area contributed by atoms with E-state index in [1.54, 1.807) is 31.2 Å². The Bertz CT molecular complexity index is 613. The molecule has 2 amide bonds. The third kappa shape index (κ3) is 2.87. The lowest BCUT2D eigenvalue weighted by Crippen LogP contribution is -2.27. The second kappa shape index (κ2) is 4.89. The molecule has 21 heavy (non-hydrogen) atoms. The van der Waals surface area contributed by atoms with Crippen molar-refractivity contribution in [1.29, 1.82) is 0 Å². The molecule has 0 radical (unpaired) electrons. The van der Waals surface area contributed by atoms with Crippen LogP contribution in [0.3, 0.4) is 0 Å². The number of carbonyl (C=O) groups excluding carboxylic acids is 2. The molecule has 6 heteroatoms. The second-order valence-corrected chi connectivity index (χ2v) is 7.48. The van der Waals surface area contributed by atoms with Crippen LogP contribution in [0.25, 0.3) is 0 Å². The third-order valence-corrected chi connectivity index (χ3v) is 5.16. The first-order chi connectivity index (χ1) is 9.82. The van der Waals surface area contributed by atoms with Gasteiger partial charge in [0.1, 0.15) is 4.33 Å². The molecule has 0 heterocycles. The molecular formula is C15H16Cl2N2O2. The van der Waals surface area contributed by atoms with Crippen molar-refractivity contribution in [3.63, 3.8) is 0 Å². The maximum Gasteiger partial charge on any atom is 0.251 e. The Morgan fingerprint density at radius 3 is 2.52 bits per heavy atom. The molecule has 4 nitrogen and oxygen atoms in total. The summed E-state index contributed by atoms with van der Waals surface area (Å²) in [5.41, 5.74) is 0.326. The van der Waals surface area contributed by atoms with Crippen LogP contribution in [0.2, 0.25) is 0 Å². The lowest BCUT2D eigenvalue weighted by atomic mass is 10.1. The molecular weight excluding hydrogens is 311 g/mol. The van der Waals surface area contributed by atoms with Crippen molar-refractivity contribution >= 4 is 40.7 Å². The van der Waals surface area contributed by atoms with Crippen molar-refractivity contribution in [1.82, 2.24) is 5.32 Å². The predicted octanol–water partition coefficient (Wildman–Crippen LogP) is 3.10. The lowest BCUT2D eigenvalue weighted by Gasteiger charge is -2.13. The number of nitrogens with one attached hydrogen (secondary N) is 2. The largest absolute Gasteiger partial charge is 0.349 e. The standard InChI is InChI=1S/C15H16Cl2N2O2/c1-14(8-15(14,16)17)13(21)19-11-4-2-3-9(7-11)12(20)18-10-5-6-10/h2-4,7,10H,5-6,8H2,1H3,(H,18,20)(H,19,21). The predicted molar refractivity (Wildman–Crippen MR) is 82.7 cm³/mol. The van der Waals surface area contributed by atoms with E-state index in [1.807, 2.05) is 0 Å². The minimum absolute atomic E-state index is 0.115. The SMILES string of the molecule is CC1(C(=O)Nc2cccc(C(=O)NC3CC3)c2)CC1(Cl)Cl. The molecule has 1 aromatic carbocycles. The summed E-state index contributed by atoms with van der Waals surface area (Å²) in [4.78, 5) is 24.2. The highest BCUT2D eigenvalue weighted by atomic mass is 35.5. The van der Waals surface area contributed by atoms with Crippen molar-refractivity contribution < 1.29 is 9.59 Å². The maximum atomic E-state index is 12.2. The summed E-state index contributed by atoms with van der Waals surface area (Å²) < 4.78 is -1.00. The summed E-state index contributed by atoms with van der Waals surface area (Å²) in [7, 11) is 0. The molecule has 0 aliphatic heterocycles. The topological polar surface area (TPSA) is 58.2 Å². The van der Waals surface area contributed by atoms with E-state index in [1.165, 1.54) is 0 Å². The van der Waals surface area contributed by atoms with Gasteiger partial charge in [-0.05, 0) is 44.4 Å². The number of anilines is 1. The van der Waals surface area contributed by atoms with Crippen molar-refractivity contribution in [3.8, 4) is 0 Å². The van der Waals surface area contributed by atoms with E-state index in [0.29, 0.717) is 23.7 Å². The van der Waals surface area contributed by atoms with Gasteiger partial charge in [0, 0.05) is 17.3 Å². The molecule has 2 N–H and O–H groups in total. The van der Waals surface area contributed by atoms with Crippen LogP contribution in [0, 0.1) is 5.41 Å². The number of alkyl halides is 2. The van der Waals surface area contributed by atoms with Gasteiger partial charge in [-0.3, -0.25) is 9.59 Å². The fourth-order valence-electron chi connectivity index (χ4n) is 2.15. The molecule has 2 fully saturated rings. The van der Waals surface area contributed by atoms with Crippen LogP contribution in [0.15, 0.2) is 24.3 Å². The number of carbonyl (C=O) groups is 2. The van der Waals surface area contributed by atoms with Crippen molar-refractivity contribution in [2.75, 3.05) is 5.32 Å². The third-order valence-electron chi connectivity index (χ3n) is 4.05. The van der Waals surface area contributed by atoms with E-state index in [9.17, 15) is 9.59 Å². The van der Waals surface area contributed by atoms with Gasteiger partial charge in [-0.2, -0.15) is 0 Å². The van der Waals surface area contributed by atoms with Crippen LogP contribution in [-0.4, -0.2) is 22.2 Å². The summed E-state index contributed by atoms with van der Waals surface area (Å²) in [5.74, 6) is -0.345. The average molecular weight is 327 g/mol. The molecule has 1 unspecified atom stereocenters. The van der Waals surface area contributed by atoms with E-state index in [4.69, 9.17) is 23.2 Å². The summed E-state index contributed by atoms with van der Waals surface area (Å²) in [5, 5.41) is 5.69. The van der Waals surface area contributed by atoms with E-state index in [0.717, 1.165) is 12.8 Å². The fourth-order valence-corrected chi connectivity index (χ4v) is 2.86. The quantitative estimate of drug-likeness (QED) is 0.835. The van der Waals surface area contributed by atoms with Crippen molar-refractivity contribution in [3.05, 3.63) is 29.8 Å². The van der Waals surface area contributed by atoms with Gasteiger partial charge < -0.3 is 10.6 Å². The van der Waals surface area contributed by atoms with Gasteiger partial charge in [0.05, 0.1) is 5.41 Å². The molecule has 1 atom stereocenters. The first-order valence-electron chi connectivity index (χ1n) is 6.92. The number of hydrogen-bond donors (Lipinski definition) is 2. The van der Waals surface area contributed by atoms with E-state index in [-0.39, 0.29) is 11.8 Å². The van der Waals surface area contributed by atoms with Gasteiger partial charge in [0.25, 0.3) is 5.91 Å². The first-order valence-corrected chi connectivity index (χ1v) is 7.68. The number of amides is 2. The van der Waals surface area contributed by atoms with Crippen LogP contribution in [-0.2, 0) is 4.79 Å². The summed E-state index contributed by atoms with van der Waals surface area (Å²) in [6.07, 6.45) is 2.50. The van der Waals surface area contributed by atoms with Crippen LogP contribution >= 0.6 is 23.2 Å². The van der Waals surface area contributed by atoms with Crippen LogP contribution in [0.1, 0.15) is 36.5 Å². The van der Waals surface area contributed by atoms with Gasteiger partial charge in [0.2, 0.25) is 5.91 Å². The Kier molecular flexibility index (Phi) is 3.41. The highest BCUT2D eigenvalue weighted by Crippen LogP contribution is 2.64. The molecule has 0 bridgehead atoms. The molecule has 2 saturated carbocycles. The van der Waals surface area contributed by atoms with Crippen LogP contribution in [0.4, 0.5) is 5.69 Å². The summed E-state index contributed by atoms with van der Waals surface area (Å²) >= 11 is 12.0. The molecule has 3 rings (SSSR count). The average Bonchev–Trinajstić information content (AvgIpc) is 3.30. The Morgan fingerprint density at radius 1 is 1.29 bits per heavy atom. The zero-order valence-corrected chi connectivity index (χ0v) is 13.1. The summed E-state index contributed by atoms with van der Waals surface area (Å²) in [6, 6.07) is 7.16. The number of rotatable bonds is 4. The normalized spacial score (nSPS) is 26.0. The molecule has 0 saturated heterocycles. The maximum absolute atomic E-state index is 12.2. The van der Waals surface area contributed by atoms with Crippen LogP contribution in [0.5, 0.6) is 0 Å². The lowest BCUT2D eigenvalue weighted by molar-refractivity contribution is -0.120. The van der Waals surface area contributed by atoms with Crippen molar-refractivity contribution in [2.45, 2.75) is 36.6 Å². The Balaban J connectivity index is 1.68. The number of hydrogen-bond acceptors (Lipinski definition) is 2. The van der Waals surface area contributed by atoms with Gasteiger partial charge >= 0.3 is 0 Å². The summed E-state index contributed by atoms with van der Waals surface area (Å²) in [6.45, 7) is 1.73. The van der Waals surface area contributed by atoms with Gasteiger partial charge in [0.15, 0.2) is 0 Å². The molecule has 0 aromatic heterocycles. The Labute approximate surface area is 133 Å².